The van der Waals surface area contributed by atoms with Crippen LogP contribution in [0.2, 0.25) is 0 Å². The van der Waals surface area contributed by atoms with Gasteiger partial charge in [0, 0.05) is 5.92 Å². The number of carbonyl (C=O) groups excluding carboxylic acids is 1. The second kappa shape index (κ2) is 10.8. The highest BCUT2D eigenvalue weighted by Gasteiger charge is 2.38. The Morgan fingerprint density at radius 1 is 0.857 bits per heavy atom. The van der Waals surface area contributed by atoms with Gasteiger partial charge in [0.15, 0.2) is 0 Å². The Morgan fingerprint density at radius 3 is 1.57 bits per heavy atom. The van der Waals surface area contributed by atoms with Crippen molar-refractivity contribution >= 4 is 34.9 Å². The molecule has 2 rings (SSSR count). The van der Waals surface area contributed by atoms with E-state index in [2.05, 4.69) is 67.4 Å². The van der Waals surface area contributed by atoms with E-state index in [1.807, 2.05) is 13.8 Å². The quantitative estimate of drug-likeness (QED) is 0.432. The minimum absolute atomic E-state index is 0.00628. The molecule has 0 atom stereocenters. The van der Waals surface area contributed by atoms with Gasteiger partial charge in [-0.25, -0.2) is 0 Å². The Kier molecular flexibility index (Phi) is 8.78. The summed E-state index contributed by atoms with van der Waals surface area (Å²) in [5.74, 6) is -0.0925. The molecule has 0 spiro atoms. The molecule has 152 valence electrons. The van der Waals surface area contributed by atoms with Gasteiger partial charge < -0.3 is 4.98 Å². The molecule has 0 aromatic heterocycles. The molecule has 0 bridgehead atoms. The Morgan fingerprint density at radius 2 is 1.25 bits per heavy atom. The third kappa shape index (κ3) is 5.96. The van der Waals surface area contributed by atoms with Crippen LogP contribution < -0.4 is 15.4 Å². The maximum atomic E-state index is 12.6. The molecular weight excluding hydrogens is 382 g/mol. The van der Waals surface area contributed by atoms with Crippen molar-refractivity contribution in [2.75, 3.05) is 0 Å². The number of amides is 1. The van der Waals surface area contributed by atoms with Gasteiger partial charge in [-0.1, -0.05) is 89.1 Å². The summed E-state index contributed by atoms with van der Waals surface area (Å²) in [4.78, 5) is 15.8. The minimum Gasteiger partial charge on any atom is -0.362 e. The topological polar surface area (TPSA) is 29.1 Å². The SMILES string of the molecule is CCCCc1ccc([Si](Cl)(NC(=O)C(C)C)c2ccc(CCCC)cc2)cc1. The molecule has 2 aromatic rings. The van der Waals surface area contributed by atoms with Crippen molar-refractivity contribution in [3.63, 3.8) is 0 Å². The smallest absolute Gasteiger partial charge is 0.319 e. The summed E-state index contributed by atoms with van der Waals surface area (Å²) in [5, 5.41) is 2.06. The first-order valence-electron chi connectivity index (χ1n) is 10.6. The normalized spacial score (nSPS) is 11.6. The molecule has 1 amide bonds. The summed E-state index contributed by atoms with van der Waals surface area (Å²) in [5.41, 5.74) is 2.65. The zero-order valence-corrected chi connectivity index (χ0v) is 19.5. The second-order valence-corrected chi connectivity index (χ2v) is 12.3. The number of halogens is 1. The zero-order valence-electron chi connectivity index (χ0n) is 17.7. The number of hydrogen-bond donors (Lipinski definition) is 1. The number of nitrogens with one attached hydrogen (secondary N) is 1. The predicted molar refractivity (Wildman–Crippen MR) is 124 cm³/mol. The van der Waals surface area contributed by atoms with Crippen molar-refractivity contribution in [2.24, 2.45) is 5.92 Å². The van der Waals surface area contributed by atoms with Crippen molar-refractivity contribution < 1.29 is 4.79 Å². The molecule has 0 aliphatic carbocycles. The van der Waals surface area contributed by atoms with Gasteiger partial charge in [0.2, 0.25) is 5.91 Å². The molecule has 1 N–H and O–H groups in total. The van der Waals surface area contributed by atoms with E-state index in [1.54, 1.807) is 0 Å². The van der Waals surface area contributed by atoms with Crippen LogP contribution in [-0.2, 0) is 17.6 Å². The summed E-state index contributed by atoms with van der Waals surface area (Å²) in [6, 6.07) is 17.1. The average Bonchev–Trinajstić information content (AvgIpc) is 2.71. The van der Waals surface area contributed by atoms with E-state index in [9.17, 15) is 4.79 Å². The molecule has 28 heavy (non-hydrogen) atoms. The first kappa shape index (κ1) is 22.7. The standard InChI is InChI=1S/C24H34ClNOSi/c1-5-7-9-20-11-15-22(16-12-20)28(25,26-24(27)19(3)4)23-17-13-21(14-18-23)10-8-6-2/h11-19H,5-10H2,1-4H3,(H,26,27). The maximum Gasteiger partial charge on any atom is 0.319 e. The lowest BCUT2D eigenvalue weighted by atomic mass is 10.1. The van der Waals surface area contributed by atoms with Crippen LogP contribution in [0.1, 0.15) is 64.5 Å². The van der Waals surface area contributed by atoms with Crippen LogP contribution in [0.25, 0.3) is 0 Å². The monoisotopic (exact) mass is 415 g/mol. The molecule has 2 nitrogen and oxygen atoms in total. The Bertz CT molecular complexity index is 689. The van der Waals surface area contributed by atoms with Crippen LogP contribution in [0.15, 0.2) is 48.5 Å². The highest BCUT2D eigenvalue weighted by molar-refractivity contribution is 7.33. The lowest BCUT2D eigenvalue weighted by Crippen LogP contribution is -2.67. The summed E-state index contributed by atoms with van der Waals surface area (Å²) in [6.45, 7) is 8.22. The third-order valence-electron chi connectivity index (χ3n) is 5.16. The van der Waals surface area contributed by atoms with Crippen LogP contribution in [0.5, 0.6) is 0 Å². The van der Waals surface area contributed by atoms with E-state index in [0.717, 1.165) is 23.2 Å². The average molecular weight is 416 g/mol. The molecule has 0 aliphatic rings. The molecule has 0 unspecified atom stereocenters. The van der Waals surface area contributed by atoms with E-state index < -0.39 is 7.55 Å². The van der Waals surface area contributed by atoms with Gasteiger partial charge in [0.05, 0.1) is 0 Å². The van der Waals surface area contributed by atoms with Crippen LogP contribution >= 0.6 is 11.1 Å². The zero-order chi connectivity index (χ0) is 20.6. The second-order valence-electron chi connectivity index (χ2n) is 7.90. The van der Waals surface area contributed by atoms with Crippen LogP contribution in [0, 0.1) is 5.92 Å². The lowest BCUT2D eigenvalue weighted by Gasteiger charge is -2.28. The Balaban J connectivity index is 2.35. The number of unbranched alkanes of at least 4 members (excludes halogenated alkanes) is 2. The van der Waals surface area contributed by atoms with Crippen molar-refractivity contribution in [1.29, 1.82) is 0 Å². The molecule has 0 radical (unpaired) electrons. The van der Waals surface area contributed by atoms with Gasteiger partial charge in [0.25, 0.3) is 0 Å². The van der Waals surface area contributed by atoms with Crippen molar-refractivity contribution in [3.8, 4) is 0 Å². The molecule has 4 heteroatoms. The molecule has 0 heterocycles. The van der Waals surface area contributed by atoms with Crippen molar-refractivity contribution in [2.45, 2.75) is 66.2 Å². The predicted octanol–water partition coefficient (Wildman–Crippen LogP) is 4.94. The third-order valence-corrected chi connectivity index (χ3v) is 9.60. The molecule has 0 saturated carbocycles. The molecule has 2 aromatic carbocycles. The fraction of sp³-hybridized carbons (Fsp3) is 0.458. The maximum absolute atomic E-state index is 12.6. The summed E-state index contributed by atoms with van der Waals surface area (Å²) in [6.07, 6.45) is 6.91. The molecule has 0 fully saturated rings. The van der Waals surface area contributed by atoms with Crippen LogP contribution in [-0.4, -0.2) is 13.5 Å². The lowest BCUT2D eigenvalue weighted by molar-refractivity contribution is -0.122. The van der Waals surface area contributed by atoms with E-state index in [0.29, 0.717) is 0 Å². The van der Waals surface area contributed by atoms with E-state index >= 15 is 0 Å². The summed E-state index contributed by atoms with van der Waals surface area (Å²) >= 11 is 7.25. The number of aryl methyl sites for hydroxylation is 2. The molecule has 0 aliphatic heterocycles. The van der Waals surface area contributed by atoms with Crippen molar-refractivity contribution in [3.05, 3.63) is 59.7 Å². The first-order chi connectivity index (χ1) is 13.4. The largest absolute Gasteiger partial charge is 0.362 e. The van der Waals surface area contributed by atoms with Crippen LogP contribution in [0.3, 0.4) is 0 Å². The molecule has 0 saturated heterocycles. The van der Waals surface area contributed by atoms with Gasteiger partial charge in [0.1, 0.15) is 0 Å². The van der Waals surface area contributed by atoms with Gasteiger partial charge >= 0.3 is 7.55 Å². The van der Waals surface area contributed by atoms with Gasteiger partial charge in [-0.05, 0) is 47.2 Å². The van der Waals surface area contributed by atoms with Gasteiger partial charge in [-0.2, -0.15) is 0 Å². The van der Waals surface area contributed by atoms with Crippen molar-refractivity contribution in [1.82, 2.24) is 4.98 Å². The van der Waals surface area contributed by atoms with Crippen LogP contribution in [0.4, 0.5) is 0 Å². The fourth-order valence-electron chi connectivity index (χ4n) is 3.19. The summed E-state index contributed by atoms with van der Waals surface area (Å²) in [7, 11) is -2.86. The number of benzene rings is 2. The first-order valence-corrected chi connectivity index (χ1v) is 13.6. The minimum atomic E-state index is -2.86. The highest BCUT2D eigenvalue weighted by Crippen LogP contribution is 2.13. The molecular formula is C24H34ClNOSi. The van der Waals surface area contributed by atoms with E-state index in [4.69, 9.17) is 11.1 Å². The number of carbonyl (C=O) groups is 1. The van der Waals surface area contributed by atoms with Gasteiger partial charge in [-0.15, -0.1) is 11.1 Å². The number of rotatable bonds is 10. The fourth-order valence-corrected chi connectivity index (χ4v) is 6.73. The summed E-state index contributed by atoms with van der Waals surface area (Å²) < 4.78 is 0. The Hall–Kier alpha value is -1.58. The Labute approximate surface area is 176 Å². The van der Waals surface area contributed by atoms with E-state index in [1.165, 1.54) is 36.8 Å². The van der Waals surface area contributed by atoms with Gasteiger partial charge in [-0.3, -0.25) is 4.79 Å². The van der Waals surface area contributed by atoms with E-state index in [-0.39, 0.29) is 11.8 Å². The highest BCUT2D eigenvalue weighted by atomic mass is 35.6. The number of hydrogen-bond acceptors (Lipinski definition) is 1.